The lowest BCUT2D eigenvalue weighted by Gasteiger charge is -2.24. The van der Waals surface area contributed by atoms with Crippen LogP contribution in [0.25, 0.3) is 10.8 Å². The zero-order valence-electron chi connectivity index (χ0n) is 11.7. The molecule has 0 heterocycles. The van der Waals surface area contributed by atoms with Gasteiger partial charge in [0.05, 0.1) is 0 Å². The summed E-state index contributed by atoms with van der Waals surface area (Å²) in [6.07, 6.45) is 0.600. The molecule has 110 valence electrons. The van der Waals surface area contributed by atoms with Gasteiger partial charge in [0.1, 0.15) is 0 Å². The molecular formula is C16H19N3O2. The molecule has 5 nitrogen and oxygen atoms in total. The van der Waals surface area contributed by atoms with Gasteiger partial charge in [0.25, 0.3) is 0 Å². The van der Waals surface area contributed by atoms with E-state index in [2.05, 4.69) is 0 Å². The van der Waals surface area contributed by atoms with Crippen molar-refractivity contribution in [2.75, 3.05) is 6.54 Å². The number of rotatable bonds is 6. The lowest BCUT2D eigenvalue weighted by atomic mass is 9.84. The minimum Gasteiger partial charge on any atom is -0.368 e. The number of nitrogens with two attached hydrogens (primary N) is 3. The summed E-state index contributed by atoms with van der Waals surface area (Å²) in [4.78, 5) is 24.2. The highest BCUT2D eigenvalue weighted by molar-refractivity contribution is 6.18. The van der Waals surface area contributed by atoms with Crippen molar-refractivity contribution < 1.29 is 9.59 Å². The standard InChI is InChI=1S/C16H19N3O2/c17-9-3-8-16(19,15(18)21)14(20)13-7-6-11-4-1-2-5-12(11)10-13/h1-2,4-7,10H,3,8-9,17,19H2,(H2,18,21)/t16-/m1/s1. The number of primary amides is 1. The predicted octanol–water partition coefficient (Wildman–Crippen LogP) is 0.944. The lowest BCUT2D eigenvalue weighted by Crippen LogP contribution is -2.58. The smallest absolute Gasteiger partial charge is 0.245 e. The van der Waals surface area contributed by atoms with Crippen molar-refractivity contribution >= 4 is 22.5 Å². The maximum atomic E-state index is 12.6. The number of fused-ring (bicyclic) bond motifs is 1. The summed E-state index contributed by atoms with van der Waals surface area (Å²) < 4.78 is 0. The fourth-order valence-corrected chi connectivity index (χ4v) is 2.32. The molecule has 0 bridgehead atoms. The Balaban J connectivity index is 2.41. The Morgan fingerprint density at radius 3 is 2.33 bits per heavy atom. The molecule has 1 amide bonds. The Morgan fingerprint density at radius 1 is 1.05 bits per heavy atom. The van der Waals surface area contributed by atoms with Gasteiger partial charge in [-0.25, -0.2) is 0 Å². The molecule has 0 saturated heterocycles. The Labute approximate surface area is 123 Å². The van der Waals surface area contributed by atoms with Gasteiger partial charge in [-0.2, -0.15) is 0 Å². The summed E-state index contributed by atoms with van der Waals surface area (Å²) >= 11 is 0. The van der Waals surface area contributed by atoms with Gasteiger partial charge in [-0.05, 0) is 36.2 Å². The van der Waals surface area contributed by atoms with E-state index in [0.717, 1.165) is 10.8 Å². The summed E-state index contributed by atoms with van der Waals surface area (Å²) in [5.41, 5.74) is 15.4. The first kappa shape index (κ1) is 15.2. The van der Waals surface area contributed by atoms with Crippen LogP contribution in [0.5, 0.6) is 0 Å². The Hall–Kier alpha value is -2.24. The average molecular weight is 285 g/mol. The highest BCUT2D eigenvalue weighted by atomic mass is 16.2. The maximum Gasteiger partial charge on any atom is 0.245 e. The van der Waals surface area contributed by atoms with Gasteiger partial charge in [0, 0.05) is 5.56 Å². The fourth-order valence-electron chi connectivity index (χ4n) is 2.32. The van der Waals surface area contributed by atoms with E-state index in [0.29, 0.717) is 18.5 Å². The fraction of sp³-hybridized carbons (Fsp3) is 0.250. The molecule has 0 fully saturated rings. The molecule has 0 aliphatic rings. The minimum absolute atomic E-state index is 0.143. The van der Waals surface area contributed by atoms with E-state index in [-0.39, 0.29) is 6.42 Å². The normalized spacial score (nSPS) is 13.8. The van der Waals surface area contributed by atoms with E-state index < -0.39 is 17.2 Å². The van der Waals surface area contributed by atoms with Gasteiger partial charge in [-0.15, -0.1) is 0 Å². The van der Waals surface area contributed by atoms with Gasteiger partial charge < -0.3 is 17.2 Å². The molecule has 0 aromatic heterocycles. The van der Waals surface area contributed by atoms with Crippen LogP contribution in [-0.2, 0) is 4.79 Å². The Kier molecular flexibility index (Phi) is 4.35. The quantitative estimate of drug-likeness (QED) is 0.541. The predicted molar refractivity (Wildman–Crippen MR) is 82.7 cm³/mol. The number of carbonyl (C=O) groups excluding carboxylic acids is 2. The summed E-state index contributed by atoms with van der Waals surface area (Å²) in [6.45, 7) is 0.344. The van der Waals surface area contributed by atoms with E-state index >= 15 is 0 Å². The first-order valence-electron chi connectivity index (χ1n) is 6.81. The van der Waals surface area contributed by atoms with Crippen molar-refractivity contribution in [1.82, 2.24) is 0 Å². The summed E-state index contributed by atoms with van der Waals surface area (Å²) in [5, 5.41) is 1.92. The van der Waals surface area contributed by atoms with Crippen LogP contribution in [-0.4, -0.2) is 23.8 Å². The first-order chi connectivity index (χ1) is 9.99. The van der Waals surface area contributed by atoms with Gasteiger partial charge in [-0.3, -0.25) is 9.59 Å². The van der Waals surface area contributed by atoms with Gasteiger partial charge in [0.15, 0.2) is 11.3 Å². The second kappa shape index (κ2) is 6.03. The number of hydrogen-bond acceptors (Lipinski definition) is 4. The van der Waals surface area contributed by atoms with Crippen LogP contribution < -0.4 is 17.2 Å². The molecule has 2 aromatic carbocycles. The zero-order valence-corrected chi connectivity index (χ0v) is 11.7. The Morgan fingerprint density at radius 2 is 1.71 bits per heavy atom. The number of benzene rings is 2. The molecule has 2 aromatic rings. The number of amides is 1. The lowest BCUT2D eigenvalue weighted by molar-refractivity contribution is -0.121. The highest BCUT2D eigenvalue weighted by Gasteiger charge is 2.40. The third kappa shape index (κ3) is 2.94. The molecule has 0 spiro atoms. The minimum atomic E-state index is -1.71. The van der Waals surface area contributed by atoms with Gasteiger partial charge >= 0.3 is 0 Å². The molecule has 0 unspecified atom stereocenters. The van der Waals surface area contributed by atoms with E-state index in [4.69, 9.17) is 17.2 Å². The number of ketones is 1. The number of Topliss-reactive ketones (excluding diaryl/α,β-unsaturated/α-hetero) is 1. The van der Waals surface area contributed by atoms with Crippen LogP contribution in [0.4, 0.5) is 0 Å². The van der Waals surface area contributed by atoms with E-state index in [9.17, 15) is 9.59 Å². The first-order valence-corrected chi connectivity index (χ1v) is 6.81. The second-order valence-electron chi connectivity index (χ2n) is 5.12. The van der Waals surface area contributed by atoms with Crippen molar-refractivity contribution in [3.63, 3.8) is 0 Å². The molecule has 6 N–H and O–H groups in total. The van der Waals surface area contributed by atoms with Crippen molar-refractivity contribution in [2.45, 2.75) is 18.4 Å². The highest BCUT2D eigenvalue weighted by Crippen LogP contribution is 2.21. The van der Waals surface area contributed by atoms with Crippen LogP contribution in [0.3, 0.4) is 0 Å². The molecule has 1 atom stereocenters. The third-order valence-corrected chi connectivity index (χ3v) is 3.63. The molecule has 5 heteroatoms. The molecule has 21 heavy (non-hydrogen) atoms. The van der Waals surface area contributed by atoms with E-state index in [1.807, 2.05) is 30.3 Å². The maximum absolute atomic E-state index is 12.6. The second-order valence-corrected chi connectivity index (χ2v) is 5.12. The SMILES string of the molecule is NCCC[C@](N)(C(N)=O)C(=O)c1ccc2ccccc2c1. The molecule has 0 saturated carbocycles. The monoisotopic (exact) mass is 285 g/mol. The van der Waals surface area contributed by atoms with Crippen LogP contribution in [0.15, 0.2) is 42.5 Å². The number of carbonyl (C=O) groups is 2. The van der Waals surface area contributed by atoms with E-state index in [1.165, 1.54) is 0 Å². The average Bonchev–Trinajstić information content (AvgIpc) is 2.51. The van der Waals surface area contributed by atoms with Crippen LogP contribution in [0.2, 0.25) is 0 Å². The van der Waals surface area contributed by atoms with Crippen molar-refractivity contribution in [1.29, 1.82) is 0 Å². The van der Waals surface area contributed by atoms with Crippen molar-refractivity contribution in [3.05, 3.63) is 48.0 Å². The molecule has 2 rings (SSSR count). The molecule has 0 radical (unpaired) electrons. The van der Waals surface area contributed by atoms with Crippen molar-refractivity contribution in [3.8, 4) is 0 Å². The van der Waals surface area contributed by atoms with Crippen LogP contribution >= 0.6 is 0 Å². The van der Waals surface area contributed by atoms with Gasteiger partial charge in [-0.1, -0.05) is 36.4 Å². The van der Waals surface area contributed by atoms with Gasteiger partial charge in [0.2, 0.25) is 5.91 Å². The summed E-state index contributed by atoms with van der Waals surface area (Å²) in [5.74, 6) is -1.29. The Bertz CT molecular complexity index is 684. The van der Waals surface area contributed by atoms with Crippen LogP contribution in [0.1, 0.15) is 23.2 Å². The van der Waals surface area contributed by atoms with Crippen molar-refractivity contribution in [2.24, 2.45) is 17.2 Å². The van der Waals surface area contributed by atoms with Crippen LogP contribution in [0, 0.1) is 0 Å². The third-order valence-electron chi connectivity index (χ3n) is 3.63. The van der Waals surface area contributed by atoms with E-state index in [1.54, 1.807) is 12.1 Å². The molecular weight excluding hydrogens is 266 g/mol. The largest absolute Gasteiger partial charge is 0.368 e. The molecule has 0 aliphatic carbocycles. The topological polar surface area (TPSA) is 112 Å². The zero-order chi connectivity index (χ0) is 15.5. The summed E-state index contributed by atoms with van der Waals surface area (Å²) in [6, 6.07) is 12.9. The number of hydrogen-bond donors (Lipinski definition) is 3. The summed E-state index contributed by atoms with van der Waals surface area (Å²) in [7, 11) is 0. The molecule has 0 aliphatic heterocycles.